The van der Waals surface area contributed by atoms with Crippen LogP contribution in [0.25, 0.3) is 0 Å². The summed E-state index contributed by atoms with van der Waals surface area (Å²) in [5, 5.41) is 17.6. The second kappa shape index (κ2) is 6.69. The van der Waals surface area contributed by atoms with E-state index in [2.05, 4.69) is 0 Å². The Kier molecular flexibility index (Phi) is 5.52. The Hall–Kier alpha value is -1.38. The fourth-order valence-electron chi connectivity index (χ4n) is 1.39. The summed E-state index contributed by atoms with van der Waals surface area (Å²) in [4.78, 5) is 0. The number of unbranched alkanes of at least 4 members (excludes halogenated alkanes) is 1. The van der Waals surface area contributed by atoms with Crippen LogP contribution in [0.5, 0.6) is 5.75 Å². The Bertz CT molecular complexity index is 474. The van der Waals surface area contributed by atoms with Gasteiger partial charge in [-0.3, -0.25) is 0 Å². The summed E-state index contributed by atoms with van der Waals surface area (Å²) in [6, 6.07) is 4.50. The van der Waals surface area contributed by atoms with Crippen LogP contribution < -0.4 is 4.74 Å². The number of halogens is 3. The van der Waals surface area contributed by atoms with Crippen molar-refractivity contribution in [3.8, 4) is 11.8 Å². The van der Waals surface area contributed by atoms with Crippen LogP contribution in [0.4, 0.5) is 8.78 Å². The van der Waals surface area contributed by atoms with Gasteiger partial charge in [-0.15, -0.1) is 0 Å². The molecule has 1 rings (SSSR count). The number of nitrogens with zero attached hydrogens (tertiary/aromatic N) is 1. The standard InChI is InChI=1S/C13H14ClF2NO2/c1-2-3-6-19-11-7-9(4-5-10(11)14)13(15,16)12(18)8-17/h4-5,7,12,18H,2-3,6H2,1H3. The van der Waals surface area contributed by atoms with E-state index in [-0.39, 0.29) is 10.8 Å². The Morgan fingerprint density at radius 2 is 2.21 bits per heavy atom. The molecule has 1 aromatic rings. The van der Waals surface area contributed by atoms with Crippen LogP contribution in [0, 0.1) is 11.3 Å². The van der Waals surface area contributed by atoms with Gasteiger partial charge in [0, 0.05) is 5.56 Å². The minimum absolute atomic E-state index is 0.123. The zero-order valence-electron chi connectivity index (χ0n) is 10.4. The van der Waals surface area contributed by atoms with Gasteiger partial charge >= 0.3 is 5.92 Å². The van der Waals surface area contributed by atoms with E-state index < -0.39 is 17.6 Å². The number of hydrogen-bond acceptors (Lipinski definition) is 3. The van der Waals surface area contributed by atoms with Gasteiger partial charge in [0.1, 0.15) is 11.8 Å². The quantitative estimate of drug-likeness (QED) is 0.644. The van der Waals surface area contributed by atoms with Gasteiger partial charge < -0.3 is 9.84 Å². The number of hydrogen-bond donors (Lipinski definition) is 1. The van der Waals surface area contributed by atoms with Crippen LogP contribution >= 0.6 is 11.6 Å². The molecule has 104 valence electrons. The largest absolute Gasteiger partial charge is 0.492 e. The molecule has 1 aromatic carbocycles. The van der Waals surface area contributed by atoms with E-state index in [9.17, 15) is 8.78 Å². The highest BCUT2D eigenvalue weighted by molar-refractivity contribution is 6.32. The molecule has 0 aliphatic rings. The maximum atomic E-state index is 13.7. The number of alkyl halides is 2. The molecule has 0 aliphatic carbocycles. The van der Waals surface area contributed by atoms with E-state index in [0.29, 0.717) is 6.61 Å². The van der Waals surface area contributed by atoms with Crippen LogP contribution in [0.2, 0.25) is 5.02 Å². The fourth-order valence-corrected chi connectivity index (χ4v) is 1.56. The molecule has 0 bridgehead atoms. The normalized spacial score (nSPS) is 12.8. The lowest BCUT2D eigenvalue weighted by Gasteiger charge is -2.19. The molecule has 0 heterocycles. The van der Waals surface area contributed by atoms with E-state index in [1.54, 1.807) is 0 Å². The van der Waals surface area contributed by atoms with Crippen molar-refractivity contribution in [2.24, 2.45) is 0 Å². The van der Waals surface area contributed by atoms with Gasteiger partial charge in [-0.05, 0) is 18.6 Å². The summed E-state index contributed by atoms with van der Waals surface area (Å²) in [6.45, 7) is 2.34. The van der Waals surface area contributed by atoms with E-state index in [0.717, 1.165) is 31.0 Å². The van der Waals surface area contributed by atoms with E-state index in [1.165, 1.54) is 6.07 Å². The first-order valence-corrected chi connectivity index (χ1v) is 6.19. The van der Waals surface area contributed by atoms with Crippen LogP contribution in [-0.4, -0.2) is 17.8 Å². The number of aliphatic hydroxyl groups is 1. The minimum atomic E-state index is -3.66. The predicted molar refractivity (Wildman–Crippen MR) is 67.4 cm³/mol. The van der Waals surface area contributed by atoms with Crippen molar-refractivity contribution in [3.63, 3.8) is 0 Å². The Morgan fingerprint density at radius 1 is 1.53 bits per heavy atom. The maximum Gasteiger partial charge on any atom is 0.311 e. The number of nitriles is 1. The highest BCUT2D eigenvalue weighted by Crippen LogP contribution is 2.36. The third-order valence-corrected chi connectivity index (χ3v) is 2.85. The molecule has 1 unspecified atom stereocenters. The number of aliphatic hydroxyl groups excluding tert-OH is 1. The molecular weight excluding hydrogens is 276 g/mol. The third-order valence-electron chi connectivity index (χ3n) is 2.54. The number of ether oxygens (including phenoxy) is 1. The summed E-state index contributed by atoms with van der Waals surface area (Å²) in [5.41, 5.74) is -0.502. The lowest BCUT2D eigenvalue weighted by molar-refractivity contribution is -0.0893. The smallest absolute Gasteiger partial charge is 0.311 e. The van der Waals surface area contributed by atoms with Crippen molar-refractivity contribution >= 4 is 11.6 Å². The molecule has 0 amide bonds. The van der Waals surface area contributed by atoms with Gasteiger partial charge in [0.25, 0.3) is 0 Å². The second-order valence-corrected chi connectivity index (χ2v) is 4.41. The topological polar surface area (TPSA) is 53.2 Å². The molecule has 0 saturated heterocycles. The first-order valence-electron chi connectivity index (χ1n) is 5.81. The first kappa shape index (κ1) is 15.7. The monoisotopic (exact) mass is 289 g/mol. The molecule has 0 radical (unpaired) electrons. The van der Waals surface area contributed by atoms with E-state index in [4.69, 9.17) is 26.7 Å². The average Bonchev–Trinajstić information content (AvgIpc) is 2.39. The predicted octanol–water partition coefficient (Wildman–Crippen LogP) is 3.50. The molecule has 0 fully saturated rings. The van der Waals surface area contributed by atoms with Gasteiger partial charge in [-0.25, -0.2) is 0 Å². The highest BCUT2D eigenvalue weighted by Gasteiger charge is 2.41. The van der Waals surface area contributed by atoms with Crippen LogP contribution in [0.15, 0.2) is 18.2 Å². The summed E-state index contributed by atoms with van der Waals surface area (Å²) >= 11 is 5.84. The summed E-state index contributed by atoms with van der Waals surface area (Å²) in [7, 11) is 0. The zero-order chi connectivity index (χ0) is 14.5. The highest BCUT2D eigenvalue weighted by atomic mass is 35.5. The van der Waals surface area contributed by atoms with Crippen molar-refractivity contribution in [1.82, 2.24) is 0 Å². The Labute approximate surface area is 115 Å². The SMILES string of the molecule is CCCCOc1cc(C(F)(F)C(O)C#N)ccc1Cl. The van der Waals surface area contributed by atoms with Crippen LogP contribution in [0.3, 0.4) is 0 Å². The number of rotatable bonds is 6. The van der Waals surface area contributed by atoms with Gasteiger partial charge in [0.15, 0.2) is 0 Å². The Morgan fingerprint density at radius 3 is 2.79 bits per heavy atom. The average molecular weight is 290 g/mol. The van der Waals surface area contributed by atoms with Crippen molar-refractivity contribution < 1.29 is 18.6 Å². The van der Waals surface area contributed by atoms with E-state index in [1.807, 2.05) is 6.92 Å². The molecule has 1 atom stereocenters. The van der Waals surface area contributed by atoms with Crippen molar-refractivity contribution in [2.45, 2.75) is 31.8 Å². The zero-order valence-corrected chi connectivity index (χ0v) is 11.1. The fraction of sp³-hybridized carbons (Fsp3) is 0.462. The van der Waals surface area contributed by atoms with Gasteiger partial charge in [-0.2, -0.15) is 14.0 Å². The molecule has 6 heteroatoms. The van der Waals surface area contributed by atoms with Gasteiger partial charge in [-0.1, -0.05) is 31.0 Å². The first-order chi connectivity index (χ1) is 8.93. The molecular formula is C13H14ClF2NO2. The van der Waals surface area contributed by atoms with Crippen molar-refractivity contribution in [3.05, 3.63) is 28.8 Å². The Balaban J connectivity index is 2.98. The minimum Gasteiger partial charge on any atom is -0.492 e. The van der Waals surface area contributed by atoms with E-state index >= 15 is 0 Å². The molecule has 0 aromatic heterocycles. The van der Waals surface area contributed by atoms with Crippen molar-refractivity contribution in [1.29, 1.82) is 5.26 Å². The van der Waals surface area contributed by atoms with Crippen LogP contribution in [-0.2, 0) is 5.92 Å². The van der Waals surface area contributed by atoms with Crippen LogP contribution in [0.1, 0.15) is 25.3 Å². The van der Waals surface area contributed by atoms with Gasteiger partial charge in [0.05, 0.1) is 11.6 Å². The lowest BCUT2D eigenvalue weighted by atomic mass is 10.0. The molecule has 0 aliphatic heterocycles. The third kappa shape index (κ3) is 3.79. The molecule has 19 heavy (non-hydrogen) atoms. The molecule has 3 nitrogen and oxygen atoms in total. The van der Waals surface area contributed by atoms with Crippen molar-refractivity contribution in [2.75, 3.05) is 6.61 Å². The summed E-state index contributed by atoms with van der Waals surface area (Å²) < 4.78 is 32.7. The molecule has 0 spiro atoms. The second-order valence-electron chi connectivity index (χ2n) is 4.00. The van der Waals surface area contributed by atoms with Gasteiger partial charge in [0.2, 0.25) is 6.10 Å². The lowest BCUT2D eigenvalue weighted by Crippen LogP contribution is -2.29. The summed E-state index contributed by atoms with van der Waals surface area (Å²) in [5.74, 6) is -3.54. The number of benzene rings is 1. The molecule has 0 saturated carbocycles. The molecule has 1 N–H and O–H groups in total. The maximum absolute atomic E-state index is 13.7. The summed E-state index contributed by atoms with van der Waals surface area (Å²) in [6.07, 6.45) is -0.726.